The Balaban J connectivity index is 1.88. The first kappa shape index (κ1) is 18.4. The Labute approximate surface area is 146 Å². The van der Waals surface area contributed by atoms with Gasteiger partial charge >= 0.3 is 0 Å². The van der Waals surface area contributed by atoms with Gasteiger partial charge in [0.15, 0.2) is 6.61 Å². The van der Waals surface area contributed by atoms with Gasteiger partial charge in [-0.1, -0.05) is 19.9 Å². The minimum absolute atomic E-state index is 0.188. The van der Waals surface area contributed by atoms with E-state index in [4.69, 9.17) is 4.74 Å². The van der Waals surface area contributed by atoms with Crippen molar-refractivity contribution >= 4 is 17.5 Å². The summed E-state index contributed by atoms with van der Waals surface area (Å²) < 4.78 is 18.1. The Morgan fingerprint density at radius 2 is 1.84 bits per heavy atom. The number of carbonyl (C=O) groups is 2. The molecule has 0 saturated carbocycles. The molecule has 2 N–H and O–H groups in total. The van der Waals surface area contributed by atoms with Crippen LogP contribution in [0.15, 0.2) is 48.5 Å². The Kier molecular flexibility index (Phi) is 6.51. The number of rotatable bonds is 7. The van der Waals surface area contributed by atoms with E-state index in [0.29, 0.717) is 29.5 Å². The van der Waals surface area contributed by atoms with Gasteiger partial charge < -0.3 is 15.4 Å². The normalized spacial score (nSPS) is 10.4. The number of amides is 2. The van der Waals surface area contributed by atoms with E-state index < -0.39 is 0 Å². The highest BCUT2D eigenvalue weighted by Crippen LogP contribution is 2.13. The zero-order valence-corrected chi connectivity index (χ0v) is 14.2. The van der Waals surface area contributed by atoms with Gasteiger partial charge in [0.1, 0.15) is 11.6 Å². The molecule has 6 heteroatoms. The van der Waals surface area contributed by atoms with Crippen LogP contribution in [-0.4, -0.2) is 25.0 Å². The third-order valence-corrected chi connectivity index (χ3v) is 3.26. The van der Waals surface area contributed by atoms with Crippen molar-refractivity contribution in [3.05, 3.63) is 59.9 Å². The minimum atomic E-state index is -0.371. The second-order valence-corrected chi connectivity index (χ2v) is 5.98. The van der Waals surface area contributed by atoms with Gasteiger partial charge in [-0.05, 0) is 48.4 Å². The number of carbonyl (C=O) groups excluding carboxylic acids is 2. The first-order valence-corrected chi connectivity index (χ1v) is 8.00. The molecular formula is C19H21FN2O3. The minimum Gasteiger partial charge on any atom is -0.484 e. The van der Waals surface area contributed by atoms with Gasteiger partial charge in [-0.3, -0.25) is 9.59 Å². The van der Waals surface area contributed by atoms with E-state index in [1.54, 1.807) is 24.3 Å². The van der Waals surface area contributed by atoms with E-state index >= 15 is 0 Å². The molecule has 2 aromatic rings. The highest BCUT2D eigenvalue weighted by molar-refractivity contribution is 5.97. The number of hydrogen-bond acceptors (Lipinski definition) is 3. The van der Waals surface area contributed by atoms with Crippen LogP contribution in [0.2, 0.25) is 0 Å². The summed E-state index contributed by atoms with van der Waals surface area (Å²) in [6.45, 7) is 4.40. The third kappa shape index (κ3) is 6.25. The van der Waals surface area contributed by atoms with Gasteiger partial charge in [-0.15, -0.1) is 0 Å². The van der Waals surface area contributed by atoms with Crippen molar-refractivity contribution in [2.75, 3.05) is 18.5 Å². The average molecular weight is 344 g/mol. The number of hydrogen-bond donors (Lipinski definition) is 2. The quantitative estimate of drug-likeness (QED) is 0.810. The summed E-state index contributed by atoms with van der Waals surface area (Å²) >= 11 is 0. The van der Waals surface area contributed by atoms with E-state index in [9.17, 15) is 14.0 Å². The average Bonchev–Trinajstić information content (AvgIpc) is 2.59. The van der Waals surface area contributed by atoms with E-state index in [2.05, 4.69) is 10.6 Å². The van der Waals surface area contributed by atoms with Crippen molar-refractivity contribution in [2.24, 2.45) is 5.92 Å². The summed E-state index contributed by atoms with van der Waals surface area (Å²) in [4.78, 5) is 24.0. The van der Waals surface area contributed by atoms with Gasteiger partial charge in [0.05, 0.1) is 0 Å². The predicted octanol–water partition coefficient (Wildman–Crippen LogP) is 3.23. The third-order valence-electron chi connectivity index (χ3n) is 3.26. The summed E-state index contributed by atoms with van der Waals surface area (Å²) in [5, 5.41) is 5.49. The van der Waals surface area contributed by atoms with Gasteiger partial charge in [-0.25, -0.2) is 4.39 Å². The van der Waals surface area contributed by atoms with Crippen molar-refractivity contribution in [3.63, 3.8) is 0 Å². The lowest BCUT2D eigenvalue weighted by Gasteiger charge is -2.10. The lowest BCUT2D eigenvalue weighted by Crippen LogP contribution is -2.27. The predicted molar refractivity (Wildman–Crippen MR) is 94.1 cm³/mol. The van der Waals surface area contributed by atoms with Crippen molar-refractivity contribution < 1.29 is 18.7 Å². The molecule has 0 aromatic heterocycles. The number of halogens is 1. The standard InChI is InChI=1S/C19H21FN2O3/c1-13(2)11-21-19(24)14-4-3-5-16(10-14)22-18(23)12-25-17-8-6-15(20)7-9-17/h3-10,13H,11-12H2,1-2H3,(H,21,24)(H,22,23). The van der Waals surface area contributed by atoms with Crippen molar-refractivity contribution in [1.82, 2.24) is 5.32 Å². The fourth-order valence-electron chi connectivity index (χ4n) is 2.01. The summed E-state index contributed by atoms with van der Waals surface area (Å²) in [7, 11) is 0. The number of benzene rings is 2. The van der Waals surface area contributed by atoms with E-state index in [1.165, 1.54) is 24.3 Å². The molecule has 2 aromatic carbocycles. The second kappa shape index (κ2) is 8.82. The molecule has 0 aliphatic carbocycles. The van der Waals surface area contributed by atoms with Crippen LogP contribution >= 0.6 is 0 Å². The van der Waals surface area contributed by atoms with Gasteiger partial charge in [0.25, 0.3) is 11.8 Å². The summed E-state index contributed by atoms with van der Waals surface area (Å²) in [6, 6.07) is 12.1. The van der Waals surface area contributed by atoms with Crippen LogP contribution in [0.4, 0.5) is 10.1 Å². The number of anilines is 1. The Bertz CT molecular complexity index is 730. The highest BCUT2D eigenvalue weighted by atomic mass is 19.1. The van der Waals surface area contributed by atoms with Crippen LogP contribution < -0.4 is 15.4 Å². The molecule has 0 aliphatic rings. The largest absolute Gasteiger partial charge is 0.484 e. The molecule has 0 radical (unpaired) electrons. The SMILES string of the molecule is CC(C)CNC(=O)c1cccc(NC(=O)COc2ccc(F)cc2)c1. The molecule has 132 valence electrons. The van der Waals surface area contributed by atoms with Gasteiger partial charge in [0, 0.05) is 17.8 Å². The topological polar surface area (TPSA) is 67.4 Å². The maximum Gasteiger partial charge on any atom is 0.262 e. The zero-order valence-electron chi connectivity index (χ0n) is 14.2. The molecule has 25 heavy (non-hydrogen) atoms. The maximum absolute atomic E-state index is 12.8. The molecule has 0 saturated heterocycles. The van der Waals surface area contributed by atoms with E-state index in [0.717, 1.165) is 0 Å². The van der Waals surface area contributed by atoms with Crippen LogP contribution in [0.25, 0.3) is 0 Å². The lowest BCUT2D eigenvalue weighted by molar-refractivity contribution is -0.118. The number of ether oxygens (including phenoxy) is 1. The van der Waals surface area contributed by atoms with Crippen LogP contribution in [-0.2, 0) is 4.79 Å². The van der Waals surface area contributed by atoms with Crippen LogP contribution in [0.1, 0.15) is 24.2 Å². The van der Waals surface area contributed by atoms with Gasteiger partial charge in [-0.2, -0.15) is 0 Å². The lowest BCUT2D eigenvalue weighted by atomic mass is 10.1. The Morgan fingerprint density at radius 1 is 1.12 bits per heavy atom. The van der Waals surface area contributed by atoms with Crippen molar-refractivity contribution in [3.8, 4) is 5.75 Å². The summed E-state index contributed by atoms with van der Waals surface area (Å²) in [5.41, 5.74) is 0.975. The highest BCUT2D eigenvalue weighted by Gasteiger charge is 2.09. The number of nitrogens with one attached hydrogen (secondary N) is 2. The van der Waals surface area contributed by atoms with Crippen LogP contribution in [0, 0.1) is 11.7 Å². The van der Waals surface area contributed by atoms with Gasteiger partial charge in [0.2, 0.25) is 0 Å². The van der Waals surface area contributed by atoms with Crippen molar-refractivity contribution in [1.29, 1.82) is 0 Å². The van der Waals surface area contributed by atoms with Crippen molar-refractivity contribution in [2.45, 2.75) is 13.8 Å². The molecule has 0 bridgehead atoms. The smallest absolute Gasteiger partial charge is 0.262 e. The molecule has 0 unspecified atom stereocenters. The van der Waals surface area contributed by atoms with E-state index in [1.807, 2.05) is 13.8 Å². The summed E-state index contributed by atoms with van der Waals surface area (Å²) in [5.74, 6) is -0.172. The van der Waals surface area contributed by atoms with Crippen LogP contribution in [0.3, 0.4) is 0 Å². The molecule has 2 rings (SSSR count). The second-order valence-electron chi connectivity index (χ2n) is 5.98. The molecular weight excluding hydrogens is 323 g/mol. The molecule has 5 nitrogen and oxygen atoms in total. The van der Waals surface area contributed by atoms with E-state index in [-0.39, 0.29) is 24.2 Å². The fraction of sp³-hybridized carbons (Fsp3) is 0.263. The zero-order chi connectivity index (χ0) is 18.2. The molecule has 0 fully saturated rings. The first-order chi connectivity index (χ1) is 11.9. The first-order valence-electron chi connectivity index (χ1n) is 8.00. The Morgan fingerprint density at radius 3 is 2.52 bits per heavy atom. The molecule has 0 aliphatic heterocycles. The summed E-state index contributed by atoms with van der Waals surface area (Å²) in [6.07, 6.45) is 0. The molecule has 2 amide bonds. The maximum atomic E-state index is 12.8. The Hall–Kier alpha value is -2.89. The monoisotopic (exact) mass is 344 g/mol. The molecule has 0 atom stereocenters. The molecule has 0 heterocycles. The fourth-order valence-corrected chi connectivity index (χ4v) is 2.01. The van der Waals surface area contributed by atoms with Crippen LogP contribution in [0.5, 0.6) is 5.75 Å². The molecule has 0 spiro atoms.